The first-order valence-corrected chi connectivity index (χ1v) is 7.35. The maximum absolute atomic E-state index is 12.3. The summed E-state index contributed by atoms with van der Waals surface area (Å²) in [6.45, 7) is 4.30. The Balaban J connectivity index is 1.98. The van der Waals surface area contributed by atoms with E-state index in [0.29, 0.717) is 16.1 Å². The van der Waals surface area contributed by atoms with Gasteiger partial charge in [-0.05, 0) is 35.0 Å². The van der Waals surface area contributed by atoms with Gasteiger partial charge in [0.1, 0.15) is 0 Å². The van der Waals surface area contributed by atoms with Crippen LogP contribution in [-0.2, 0) is 0 Å². The molecule has 1 saturated heterocycles. The Morgan fingerprint density at radius 3 is 2.89 bits per heavy atom. The van der Waals surface area contributed by atoms with Crippen LogP contribution in [0.3, 0.4) is 0 Å². The minimum atomic E-state index is 0.0309. The summed E-state index contributed by atoms with van der Waals surface area (Å²) in [5.74, 6) is 0.671. The molecule has 0 atom stereocenters. The van der Waals surface area contributed by atoms with Crippen LogP contribution < -0.4 is 0 Å². The zero-order valence-corrected chi connectivity index (χ0v) is 12.4. The van der Waals surface area contributed by atoms with Crippen molar-refractivity contribution in [2.75, 3.05) is 38.6 Å². The van der Waals surface area contributed by atoms with Crippen molar-refractivity contribution >= 4 is 33.4 Å². The molecule has 0 unspecified atom stereocenters. The van der Waals surface area contributed by atoms with Crippen LogP contribution in [0.15, 0.2) is 21.4 Å². The van der Waals surface area contributed by atoms with E-state index < -0.39 is 0 Å². The van der Waals surface area contributed by atoms with Crippen molar-refractivity contribution in [3.63, 3.8) is 0 Å². The molecule has 0 bridgehead atoms. The van der Waals surface area contributed by atoms with E-state index in [2.05, 4.69) is 20.8 Å². The van der Waals surface area contributed by atoms with Crippen molar-refractivity contribution in [1.82, 2.24) is 9.80 Å². The molecule has 18 heavy (non-hydrogen) atoms. The van der Waals surface area contributed by atoms with E-state index in [1.165, 1.54) is 6.26 Å². The number of hydrogen-bond acceptors (Lipinski definition) is 3. The quantitative estimate of drug-likeness (QED) is 0.796. The zero-order chi connectivity index (χ0) is 13.0. The van der Waals surface area contributed by atoms with Crippen LogP contribution in [-0.4, -0.2) is 54.3 Å². The predicted octanol–water partition coefficient (Wildman–Crippen LogP) is 2.43. The second-order valence-electron chi connectivity index (χ2n) is 4.28. The molecule has 0 aromatic carbocycles. The first-order chi connectivity index (χ1) is 8.72. The van der Waals surface area contributed by atoms with Crippen LogP contribution in [0.4, 0.5) is 0 Å². The van der Waals surface area contributed by atoms with E-state index in [-0.39, 0.29) is 5.91 Å². The fourth-order valence-corrected chi connectivity index (χ4v) is 2.78. The lowest BCUT2D eigenvalue weighted by Gasteiger charge is -2.21. The monoisotopic (exact) mass is 334 g/mol. The molecular formula is C12H16BrClN2O2. The molecule has 1 amide bonds. The summed E-state index contributed by atoms with van der Waals surface area (Å²) < 4.78 is 5.62. The normalized spacial score (nSPS) is 17.8. The topological polar surface area (TPSA) is 36.7 Å². The Labute approximate surface area is 120 Å². The molecule has 1 fully saturated rings. The summed E-state index contributed by atoms with van der Waals surface area (Å²) in [5.41, 5.74) is 0.598. The van der Waals surface area contributed by atoms with Crippen LogP contribution in [0.25, 0.3) is 0 Å². The Morgan fingerprint density at radius 1 is 1.39 bits per heavy atom. The molecule has 100 valence electrons. The third kappa shape index (κ3) is 3.28. The first-order valence-electron chi connectivity index (χ1n) is 6.03. The first kappa shape index (κ1) is 13.9. The molecule has 1 aliphatic heterocycles. The van der Waals surface area contributed by atoms with Crippen molar-refractivity contribution in [1.29, 1.82) is 0 Å². The van der Waals surface area contributed by atoms with Crippen LogP contribution in [0.2, 0.25) is 0 Å². The molecule has 1 aromatic heterocycles. The molecule has 4 nitrogen and oxygen atoms in total. The summed E-state index contributed by atoms with van der Waals surface area (Å²) in [5, 5.41) is 0. The maximum Gasteiger partial charge on any atom is 0.258 e. The Bertz CT molecular complexity index is 411. The summed E-state index contributed by atoms with van der Waals surface area (Å²) in [4.78, 5) is 16.5. The van der Waals surface area contributed by atoms with Gasteiger partial charge < -0.3 is 14.2 Å². The molecule has 0 aliphatic carbocycles. The highest BCUT2D eigenvalue weighted by Gasteiger charge is 2.22. The minimum absolute atomic E-state index is 0.0309. The predicted molar refractivity (Wildman–Crippen MR) is 74.1 cm³/mol. The number of carbonyl (C=O) groups is 1. The van der Waals surface area contributed by atoms with Gasteiger partial charge in [-0.3, -0.25) is 4.79 Å². The smallest absolute Gasteiger partial charge is 0.258 e. The van der Waals surface area contributed by atoms with Gasteiger partial charge in [-0.1, -0.05) is 0 Å². The maximum atomic E-state index is 12.3. The van der Waals surface area contributed by atoms with Gasteiger partial charge in [-0.2, -0.15) is 0 Å². The number of amides is 1. The van der Waals surface area contributed by atoms with Gasteiger partial charge in [0.25, 0.3) is 5.91 Å². The van der Waals surface area contributed by atoms with Gasteiger partial charge in [0, 0.05) is 32.1 Å². The van der Waals surface area contributed by atoms with Gasteiger partial charge >= 0.3 is 0 Å². The largest absolute Gasteiger partial charge is 0.457 e. The molecule has 0 N–H and O–H groups in total. The summed E-state index contributed by atoms with van der Waals surface area (Å²) in [6, 6.07) is 1.70. The third-order valence-corrected chi connectivity index (χ3v) is 3.91. The highest BCUT2D eigenvalue weighted by Crippen LogP contribution is 2.20. The summed E-state index contributed by atoms with van der Waals surface area (Å²) >= 11 is 9.00. The van der Waals surface area contributed by atoms with Crippen LogP contribution in [0.1, 0.15) is 16.8 Å². The second kappa shape index (κ2) is 6.59. The molecule has 2 rings (SSSR count). The van der Waals surface area contributed by atoms with Crippen molar-refractivity contribution in [2.24, 2.45) is 0 Å². The fourth-order valence-electron chi connectivity index (χ4n) is 2.13. The summed E-state index contributed by atoms with van der Waals surface area (Å²) in [6.07, 6.45) is 2.51. The number of nitrogens with zero attached hydrogens (tertiary/aromatic N) is 2. The lowest BCUT2D eigenvalue weighted by molar-refractivity contribution is 0.0760. The van der Waals surface area contributed by atoms with E-state index in [1.54, 1.807) is 6.07 Å². The summed E-state index contributed by atoms with van der Waals surface area (Å²) in [7, 11) is 0. The van der Waals surface area contributed by atoms with E-state index in [4.69, 9.17) is 16.0 Å². The molecule has 6 heteroatoms. The zero-order valence-electron chi connectivity index (χ0n) is 10.1. The highest BCUT2D eigenvalue weighted by atomic mass is 79.9. The van der Waals surface area contributed by atoms with Gasteiger partial charge in [0.2, 0.25) is 0 Å². The number of rotatable bonds is 3. The molecule has 0 saturated carbocycles. The van der Waals surface area contributed by atoms with E-state index in [1.807, 2.05) is 4.90 Å². The Kier molecular flexibility index (Phi) is 5.09. The average Bonchev–Trinajstić information content (AvgIpc) is 2.64. The van der Waals surface area contributed by atoms with Crippen LogP contribution >= 0.6 is 27.5 Å². The SMILES string of the molecule is O=C(c1ccoc1Br)N1CCCN(CCCl)CC1. The van der Waals surface area contributed by atoms with Crippen molar-refractivity contribution in [3.8, 4) is 0 Å². The second-order valence-corrected chi connectivity index (χ2v) is 5.38. The van der Waals surface area contributed by atoms with E-state index in [0.717, 1.165) is 39.1 Å². The van der Waals surface area contributed by atoms with Gasteiger partial charge in [-0.15, -0.1) is 11.6 Å². The van der Waals surface area contributed by atoms with Crippen molar-refractivity contribution < 1.29 is 9.21 Å². The van der Waals surface area contributed by atoms with Crippen molar-refractivity contribution in [3.05, 3.63) is 22.6 Å². The fraction of sp³-hybridized carbons (Fsp3) is 0.583. The Hall–Kier alpha value is -0.520. The van der Waals surface area contributed by atoms with Crippen molar-refractivity contribution in [2.45, 2.75) is 6.42 Å². The number of hydrogen-bond donors (Lipinski definition) is 0. The van der Waals surface area contributed by atoms with Gasteiger partial charge in [0.05, 0.1) is 11.8 Å². The van der Waals surface area contributed by atoms with E-state index in [9.17, 15) is 4.79 Å². The average molecular weight is 336 g/mol. The molecule has 0 spiro atoms. The number of carbonyl (C=O) groups excluding carboxylic acids is 1. The molecule has 1 aliphatic rings. The molecular weight excluding hydrogens is 320 g/mol. The van der Waals surface area contributed by atoms with Crippen LogP contribution in [0.5, 0.6) is 0 Å². The number of furan rings is 1. The lowest BCUT2D eigenvalue weighted by Crippen LogP contribution is -2.35. The third-order valence-electron chi connectivity index (χ3n) is 3.12. The highest BCUT2D eigenvalue weighted by molar-refractivity contribution is 9.10. The van der Waals surface area contributed by atoms with Gasteiger partial charge in [-0.25, -0.2) is 0 Å². The van der Waals surface area contributed by atoms with Crippen LogP contribution in [0, 0.1) is 0 Å². The van der Waals surface area contributed by atoms with Gasteiger partial charge in [0.15, 0.2) is 4.67 Å². The molecule has 0 radical (unpaired) electrons. The lowest BCUT2D eigenvalue weighted by atomic mass is 10.3. The molecule has 1 aromatic rings. The minimum Gasteiger partial charge on any atom is -0.457 e. The Morgan fingerprint density at radius 2 is 2.22 bits per heavy atom. The number of halogens is 2. The number of alkyl halides is 1. The molecule has 2 heterocycles. The standard InChI is InChI=1S/C12H16BrClN2O2/c13-11-10(2-9-18-11)12(17)16-5-1-4-15(6-3-14)7-8-16/h2,9H,1,3-8H2. The van der Waals surface area contributed by atoms with E-state index >= 15 is 0 Å².